The van der Waals surface area contributed by atoms with Crippen molar-refractivity contribution in [1.82, 2.24) is 4.98 Å². The van der Waals surface area contributed by atoms with Crippen LogP contribution in [0.2, 0.25) is 0 Å². The highest BCUT2D eigenvalue weighted by Gasteiger charge is 2.23. The Morgan fingerprint density at radius 1 is 1.33 bits per heavy atom. The molecule has 1 aliphatic rings. The molecule has 0 amide bonds. The van der Waals surface area contributed by atoms with Crippen LogP contribution in [0.5, 0.6) is 0 Å². The van der Waals surface area contributed by atoms with Crippen LogP contribution in [0.25, 0.3) is 11.0 Å². The van der Waals surface area contributed by atoms with E-state index in [1.54, 1.807) is 12.5 Å². The molecule has 2 aromatic heterocycles. The predicted molar refractivity (Wildman–Crippen MR) is 74.1 cm³/mol. The van der Waals surface area contributed by atoms with E-state index in [0.29, 0.717) is 11.3 Å². The summed E-state index contributed by atoms with van der Waals surface area (Å²) >= 11 is 6.37. The van der Waals surface area contributed by atoms with Gasteiger partial charge >= 0.3 is 0 Å². The van der Waals surface area contributed by atoms with Gasteiger partial charge in [-0.25, -0.2) is 4.98 Å². The van der Waals surface area contributed by atoms with Crippen LogP contribution in [-0.4, -0.2) is 16.9 Å². The van der Waals surface area contributed by atoms with Gasteiger partial charge in [0.05, 0.1) is 11.6 Å². The summed E-state index contributed by atoms with van der Waals surface area (Å²) in [5.74, 6) is 1.44. The SMILES string of the molecule is ClC1CCCCC1CNc1nccc2occc12. The number of nitrogens with one attached hydrogen (secondary N) is 1. The molecule has 0 saturated heterocycles. The lowest BCUT2D eigenvalue weighted by Gasteiger charge is -2.27. The summed E-state index contributed by atoms with van der Waals surface area (Å²) in [5, 5.41) is 4.76. The molecular formula is C14H17ClN2O. The Bertz CT molecular complexity index is 525. The van der Waals surface area contributed by atoms with Crippen molar-refractivity contribution in [2.45, 2.75) is 31.1 Å². The van der Waals surface area contributed by atoms with Crippen LogP contribution in [0.1, 0.15) is 25.7 Å². The van der Waals surface area contributed by atoms with Crippen LogP contribution < -0.4 is 5.32 Å². The molecule has 0 bridgehead atoms. The highest BCUT2D eigenvalue weighted by Crippen LogP contribution is 2.29. The summed E-state index contributed by atoms with van der Waals surface area (Å²) in [6, 6.07) is 3.83. The number of halogens is 1. The molecular weight excluding hydrogens is 248 g/mol. The number of hydrogen-bond donors (Lipinski definition) is 1. The molecule has 3 rings (SSSR count). The van der Waals surface area contributed by atoms with E-state index in [1.165, 1.54) is 19.3 Å². The molecule has 1 fully saturated rings. The summed E-state index contributed by atoms with van der Waals surface area (Å²) in [4.78, 5) is 4.37. The Kier molecular flexibility index (Phi) is 3.41. The smallest absolute Gasteiger partial charge is 0.139 e. The summed E-state index contributed by atoms with van der Waals surface area (Å²) < 4.78 is 5.37. The van der Waals surface area contributed by atoms with Gasteiger partial charge < -0.3 is 9.73 Å². The van der Waals surface area contributed by atoms with Crippen LogP contribution in [0.3, 0.4) is 0 Å². The number of anilines is 1. The molecule has 18 heavy (non-hydrogen) atoms. The van der Waals surface area contributed by atoms with Crippen molar-refractivity contribution in [3.8, 4) is 0 Å². The van der Waals surface area contributed by atoms with Crippen LogP contribution in [0.4, 0.5) is 5.82 Å². The quantitative estimate of drug-likeness (QED) is 0.851. The van der Waals surface area contributed by atoms with Gasteiger partial charge in [-0.2, -0.15) is 0 Å². The van der Waals surface area contributed by atoms with Gasteiger partial charge in [0.25, 0.3) is 0 Å². The van der Waals surface area contributed by atoms with E-state index in [2.05, 4.69) is 10.3 Å². The average molecular weight is 265 g/mol. The number of furan rings is 1. The number of nitrogens with zero attached hydrogens (tertiary/aromatic N) is 1. The van der Waals surface area contributed by atoms with Gasteiger partial charge in [-0.05, 0) is 30.9 Å². The van der Waals surface area contributed by atoms with Gasteiger partial charge in [-0.1, -0.05) is 12.8 Å². The normalized spacial score (nSPS) is 24.3. The molecule has 1 saturated carbocycles. The molecule has 2 heterocycles. The van der Waals surface area contributed by atoms with Crippen LogP contribution >= 0.6 is 11.6 Å². The minimum absolute atomic E-state index is 0.301. The van der Waals surface area contributed by atoms with Gasteiger partial charge in [0, 0.05) is 18.1 Å². The Balaban J connectivity index is 1.71. The summed E-state index contributed by atoms with van der Waals surface area (Å²) in [6.07, 6.45) is 8.37. The van der Waals surface area contributed by atoms with E-state index in [0.717, 1.165) is 29.8 Å². The maximum absolute atomic E-state index is 6.37. The number of hydrogen-bond acceptors (Lipinski definition) is 3. The lowest BCUT2D eigenvalue weighted by atomic mass is 9.89. The van der Waals surface area contributed by atoms with Crippen LogP contribution in [0, 0.1) is 5.92 Å². The third-order valence-corrected chi connectivity index (χ3v) is 4.30. The third-order valence-electron chi connectivity index (χ3n) is 3.73. The topological polar surface area (TPSA) is 38.1 Å². The molecule has 1 N–H and O–H groups in total. The Labute approximate surface area is 112 Å². The fourth-order valence-corrected chi connectivity index (χ4v) is 3.03. The molecule has 1 aliphatic carbocycles. The monoisotopic (exact) mass is 264 g/mol. The first-order valence-corrected chi connectivity index (χ1v) is 6.98. The first kappa shape index (κ1) is 11.8. The third kappa shape index (κ3) is 2.32. The van der Waals surface area contributed by atoms with Crippen LogP contribution in [0.15, 0.2) is 29.0 Å². The van der Waals surface area contributed by atoms with Crippen molar-refractivity contribution in [3.63, 3.8) is 0 Å². The standard InChI is InChI=1S/C14H17ClN2O/c15-12-4-2-1-3-10(12)9-17-14-11-6-8-18-13(11)5-7-16-14/h5-8,10,12H,1-4,9H2,(H,16,17). The fourth-order valence-electron chi connectivity index (χ4n) is 2.66. The number of pyridine rings is 1. The Hall–Kier alpha value is -1.22. The first-order chi connectivity index (χ1) is 8.84. The maximum atomic E-state index is 6.37. The highest BCUT2D eigenvalue weighted by molar-refractivity contribution is 6.20. The van der Waals surface area contributed by atoms with E-state index < -0.39 is 0 Å². The first-order valence-electron chi connectivity index (χ1n) is 6.55. The summed E-state index contributed by atoms with van der Waals surface area (Å²) in [6.45, 7) is 0.894. The zero-order valence-electron chi connectivity index (χ0n) is 10.2. The van der Waals surface area contributed by atoms with Crippen molar-refractivity contribution in [2.24, 2.45) is 5.92 Å². The Morgan fingerprint density at radius 3 is 3.11 bits per heavy atom. The Morgan fingerprint density at radius 2 is 2.22 bits per heavy atom. The largest absolute Gasteiger partial charge is 0.464 e. The van der Waals surface area contributed by atoms with E-state index in [-0.39, 0.29) is 0 Å². The lowest BCUT2D eigenvalue weighted by Crippen LogP contribution is -2.26. The van der Waals surface area contributed by atoms with Crippen molar-refractivity contribution in [1.29, 1.82) is 0 Å². The number of rotatable bonds is 3. The number of aromatic nitrogens is 1. The second-order valence-electron chi connectivity index (χ2n) is 4.93. The molecule has 2 unspecified atom stereocenters. The molecule has 0 spiro atoms. The molecule has 0 aromatic carbocycles. The minimum Gasteiger partial charge on any atom is -0.464 e. The molecule has 2 aromatic rings. The van der Waals surface area contributed by atoms with Crippen LogP contribution in [-0.2, 0) is 0 Å². The van der Waals surface area contributed by atoms with Gasteiger partial charge in [-0.3, -0.25) is 0 Å². The van der Waals surface area contributed by atoms with Gasteiger partial charge in [0.2, 0.25) is 0 Å². The van der Waals surface area contributed by atoms with E-state index >= 15 is 0 Å². The van der Waals surface area contributed by atoms with Crippen molar-refractivity contribution in [2.75, 3.05) is 11.9 Å². The molecule has 0 aliphatic heterocycles. The second-order valence-corrected chi connectivity index (χ2v) is 5.49. The predicted octanol–water partition coefficient (Wildman–Crippen LogP) is 4.04. The average Bonchev–Trinajstić information content (AvgIpc) is 2.86. The molecule has 4 heteroatoms. The van der Waals surface area contributed by atoms with E-state index in [4.69, 9.17) is 16.0 Å². The van der Waals surface area contributed by atoms with Crippen molar-refractivity contribution < 1.29 is 4.42 Å². The highest BCUT2D eigenvalue weighted by atomic mass is 35.5. The van der Waals surface area contributed by atoms with Crippen molar-refractivity contribution >= 4 is 28.4 Å². The zero-order chi connectivity index (χ0) is 12.4. The summed E-state index contributed by atoms with van der Waals surface area (Å²) in [7, 11) is 0. The van der Waals surface area contributed by atoms with Gasteiger partial charge in [0.15, 0.2) is 0 Å². The minimum atomic E-state index is 0.301. The number of alkyl halides is 1. The van der Waals surface area contributed by atoms with E-state index in [1.807, 2.05) is 12.1 Å². The van der Waals surface area contributed by atoms with Crippen molar-refractivity contribution in [3.05, 3.63) is 24.6 Å². The molecule has 0 radical (unpaired) electrons. The second kappa shape index (κ2) is 5.19. The molecule has 2 atom stereocenters. The van der Waals surface area contributed by atoms with Gasteiger partial charge in [0.1, 0.15) is 11.4 Å². The van der Waals surface area contributed by atoms with E-state index in [9.17, 15) is 0 Å². The number of fused-ring (bicyclic) bond motifs is 1. The lowest BCUT2D eigenvalue weighted by molar-refractivity contribution is 0.380. The molecule has 96 valence electrons. The summed E-state index contributed by atoms with van der Waals surface area (Å²) in [5.41, 5.74) is 0.874. The fraction of sp³-hybridized carbons (Fsp3) is 0.500. The molecule has 3 nitrogen and oxygen atoms in total. The van der Waals surface area contributed by atoms with Gasteiger partial charge in [-0.15, -0.1) is 11.6 Å². The maximum Gasteiger partial charge on any atom is 0.139 e. The zero-order valence-corrected chi connectivity index (χ0v) is 11.0.